The number of carbonyl (C=O) groups is 1. The topological polar surface area (TPSA) is 42.9 Å². The zero-order valence-corrected chi connectivity index (χ0v) is 10.1. The predicted octanol–water partition coefficient (Wildman–Crippen LogP) is 1.65. The number of hydrogen-bond donors (Lipinski definition) is 0. The number of hydrogen-bond acceptors (Lipinski definition) is 3. The van der Waals surface area contributed by atoms with Gasteiger partial charge in [0.2, 0.25) is 0 Å². The molecule has 2 aromatic carbocycles. The zero-order chi connectivity index (χ0) is 13.2. The highest BCUT2D eigenvalue weighted by Crippen LogP contribution is 2.14. The fourth-order valence-corrected chi connectivity index (χ4v) is 1.92. The number of aromatic nitrogens is 2. The molecule has 1 heterocycles. The molecule has 2 radical (unpaired) electrons. The van der Waals surface area contributed by atoms with Crippen molar-refractivity contribution in [1.29, 1.82) is 0 Å². The number of fused-ring (bicyclic) bond motifs is 1. The largest absolute Gasteiger partial charge is 0.289 e. The summed E-state index contributed by atoms with van der Waals surface area (Å²) in [6, 6.07) is 14.4. The molecule has 0 unspecified atom stereocenters. The van der Waals surface area contributed by atoms with Crippen molar-refractivity contribution in [3.8, 4) is 0 Å². The van der Waals surface area contributed by atoms with Crippen LogP contribution in [0.3, 0.4) is 0 Å². The van der Waals surface area contributed by atoms with Gasteiger partial charge in [0, 0.05) is 22.9 Å². The van der Waals surface area contributed by atoms with Crippen molar-refractivity contribution in [2.24, 2.45) is 0 Å². The third-order valence-electron chi connectivity index (χ3n) is 2.86. The van der Waals surface area contributed by atoms with E-state index in [1.54, 1.807) is 30.3 Å². The van der Waals surface area contributed by atoms with Crippen LogP contribution < -0.4 is 5.59 Å². The summed E-state index contributed by atoms with van der Waals surface area (Å²) in [6.45, 7) is 0. The highest BCUT2D eigenvalue weighted by atomic mass is 16.1. The molecule has 1 aromatic heterocycles. The first-order chi connectivity index (χ1) is 9.24. The summed E-state index contributed by atoms with van der Waals surface area (Å²) in [4.78, 5) is 20.6. The summed E-state index contributed by atoms with van der Waals surface area (Å²) in [5, 5.41) is 0. The molecule has 0 aliphatic carbocycles. The lowest BCUT2D eigenvalue weighted by Crippen LogP contribution is -2.09. The van der Waals surface area contributed by atoms with Gasteiger partial charge in [0.1, 0.15) is 7.85 Å². The zero-order valence-electron chi connectivity index (χ0n) is 10.1. The Balaban J connectivity index is 2.08. The van der Waals surface area contributed by atoms with Gasteiger partial charge in [0.05, 0.1) is 11.0 Å². The van der Waals surface area contributed by atoms with Crippen molar-refractivity contribution >= 4 is 30.3 Å². The minimum atomic E-state index is -0.0354. The highest BCUT2D eigenvalue weighted by molar-refractivity contribution is 6.30. The van der Waals surface area contributed by atoms with Gasteiger partial charge in [-0.15, -0.1) is 0 Å². The van der Waals surface area contributed by atoms with E-state index in [0.29, 0.717) is 22.2 Å². The summed E-state index contributed by atoms with van der Waals surface area (Å²) in [7, 11) is 5.60. The summed E-state index contributed by atoms with van der Waals surface area (Å²) in [5.74, 6) is -0.0354. The second-order valence-electron chi connectivity index (χ2n) is 4.19. The van der Waals surface area contributed by atoms with Gasteiger partial charge in [-0.25, -0.2) is 0 Å². The van der Waals surface area contributed by atoms with Crippen LogP contribution in [-0.2, 0) is 0 Å². The molecule has 0 fully saturated rings. The van der Waals surface area contributed by atoms with Gasteiger partial charge >= 0.3 is 0 Å². The van der Waals surface area contributed by atoms with Crippen LogP contribution in [0.2, 0.25) is 0 Å². The van der Waals surface area contributed by atoms with Gasteiger partial charge in [0.25, 0.3) is 0 Å². The van der Waals surface area contributed by atoms with Crippen LogP contribution in [-0.4, -0.2) is 23.6 Å². The average Bonchev–Trinajstić information content (AvgIpc) is 2.46. The van der Waals surface area contributed by atoms with E-state index in [9.17, 15) is 4.79 Å². The van der Waals surface area contributed by atoms with Crippen molar-refractivity contribution < 1.29 is 4.79 Å². The van der Waals surface area contributed by atoms with Gasteiger partial charge in [0.15, 0.2) is 5.78 Å². The Bertz CT molecular complexity index is 756. The maximum atomic E-state index is 12.3. The van der Waals surface area contributed by atoms with Gasteiger partial charge < -0.3 is 0 Å². The summed E-state index contributed by atoms with van der Waals surface area (Å²) in [6.07, 6.45) is 1.50. The molecule has 0 aliphatic heterocycles. The van der Waals surface area contributed by atoms with Crippen LogP contribution in [0, 0.1) is 0 Å². The van der Waals surface area contributed by atoms with E-state index in [-0.39, 0.29) is 5.78 Å². The molecule has 0 bridgehead atoms. The molecule has 0 aliphatic rings. The molecular weight excluding hydrogens is 235 g/mol. The number of nitrogens with zero attached hydrogens (tertiary/aromatic N) is 2. The van der Waals surface area contributed by atoms with Crippen molar-refractivity contribution in [3.63, 3.8) is 0 Å². The van der Waals surface area contributed by atoms with E-state index >= 15 is 0 Å². The van der Waals surface area contributed by atoms with E-state index in [1.807, 2.05) is 18.2 Å². The lowest BCUT2D eigenvalue weighted by molar-refractivity contribution is 0.103. The molecule has 0 atom stereocenters. The fraction of sp³-hybridized carbons (Fsp3) is 0. The van der Waals surface area contributed by atoms with E-state index in [0.717, 1.165) is 5.52 Å². The van der Waals surface area contributed by atoms with Gasteiger partial charge in [-0.1, -0.05) is 30.3 Å². The fourth-order valence-electron chi connectivity index (χ4n) is 1.92. The summed E-state index contributed by atoms with van der Waals surface area (Å²) >= 11 is 0. The Morgan fingerprint density at radius 1 is 0.947 bits per heavy atom. The summed E-state index contributed by atoms with van der Waals surface area (Å²) in [5.41, 5.74) is 2.93. The lowest BCUT2D eigenvalue weighted by atomic mass is 10.0. The van der Waals surface area contributed by atoms with Crippen molar-refractivity contribution in [2.75, 3.05) is 0 Å². The molecule has 19 heavy (non-hydrogen) atoms. The third kappa shape index (κ3) is 2.25. The lowest BCUT2D eigenvalue weighted by Gasteiger charge is -2.03. The van der Waals surface area contributed by atoms with E-state index in [1.165, 1.54) is 6.20 Å². The Labute approximate surface area is 111 Å². The second-order valence-corrected chi connectivity index (χ2v) is 4.19. The average molecular weight is 244 g/mol. The van der Waals surface area contributed by atoms with Crippen molar-refractivity contribution in [3.05, 3.63) is 65.9 Å². The molecule has 88 valence electrons. The molecule has 3 aromatic rings. The SMILES string of the molecule is [B]c1cnc2ccc(C(=O)c3ccccc3)cc2n1. The molecule has 0 spiro atoms. The van der Waals surface area contributed by atoms with E-state index < -0.39 is 0 Å². The molecule has 0 amide bonds. The Hall–Kier alpha value is -2.49. The van der Waals surface area contributed by atoms with E-state index in [4.69, 9.17) is 7.85 Å². The molecule has 4 heteroatoms. The molecule has 0 saturated heterocycles. The Kier molecular flexibility index (Phi) is 2.84. The van der Waals surface area contributed by atoms with Crippen molar-refractivity contribution in [2.45, 2.75) is 0 Å². The van der Waals surface area contributed by atoms with Gasteiger partial charge in [-0.3, -0.25) is 14.8 Å². The molecular formula is C15H9BN2O. The number of carbonyl (C=O) groups excluding carboxylic acids is 1. The van der Waals surface area contributed by atoms with Crippen LogP contribution in [0.5, 0.6) is 0 Å². The standard InChI is InChI=1S/C15H9BN2O/c16-14-9-17-12-7-6-11(8-13(12)18-14)15(19)10-4-2-1-3-5-10/h1-9H. The van der Waals surface area contributed by atoms with Gasteiger partial charge in [-0.05, 0) is 18.2 Å². The van der Waals surface area contributed by atoms with E-state index in [2.05, 4.69) is 9.97 Å². The minimum Gasteiger partial charge on any atom is -0.289 e. The maximum Gasteiger partial charge on any atom is 0.193 e. The highest BCUT2D eigenvalue weighted by Gasteiger charge is 2.09. The summed E-state index contributed by atoms with van der Waals surface area (Å²) < 4.78 is 0. The van der Waals surface area contributed by atoms with Crippen LogP contribution in [0.1, 0.15) is 15.9 Å². The molecule has 0 N–H and O–H groups in total. The monoisotopic (exact) mass is 244 g/mol. The first-order valence-electron chi connectivity index (χ1n) is 5.86. The molecule has 0 saturated carbocycles. The Morgan fingerprint density at radius 3 is 2.53 bits per heavy atom. The van der Waals surface area contributed by atoms with Crippen LogP contribution in [0.4, 0.5) is 0 Å². The number of benzene rings is 2. The van der Waals surface area contributed by atoms with Crippen LogP contribution in [0.15, 0.2) is 54.7 Å². The van der Waals surface area contributed by atoms with Crippen LogP contribution in [0.25, 0.3) is 11.0 Å². The first-order valence-corrected chi connectivity index (χ1v) is 5.86. The quantitative estimate of drug-likeness (QED) is 0.508. The maximum absolute atomic E-state index is 12.3. The van der Waals surface area contributed by atoms with Gasteiger partial charge in [-0.2, -0.15) is 0 Å². The third-order valence-corrected chi connectivity index (χ3v) is 2.86. The first kappa shape index (κ1) is 11.6. The second kappa shape index (κ2) is 4.65. The van der Waals surface area contributed by atoms with Crippen molar-refractivity contribution in [1.82, 2.24) is 9.97 Å². The Morgan fingerprint density at radius 2 is 1.74 bits per heavy atom. The molecule has 3 rings (SSSR count). The minimum absolute atomic E-state index is 0.0354. The predicted molar refractivity (Wildman–Crippen MR) is 74.8 cm³/mol. The normalized spacial score (nSPS) is 10.5. The number of rotatable bonds is 2. The number of ketones is 1. The smallest absolute Gasteiger partial charge is 0.193 e. The molecule has 3 nitrogen and oxygen atoms in total. The van der Waals surface area contributed by atoms with Crippen LogP contribution >= 0.6 is 0 Å².